The van der Waals surface area contributed by atoms with Crippen molar-refractivity contribution in [2.45, 2.75) is 6.54 Å². The molecule has 0 aliphatic carbocycles. The Morgan fingerprint density at radius 1 is 1.25 bits per heavy atom. The fraction of sp³-hybridized carbons (Fsp3) is 0.105. The summed E-state index contributed by atoms with van der Waals surface area (Å²) in [4.78, 5) is 25.6. The summed E-state index contributed by atoms with van der Waals surface area (Å²) in [5, 5.41) is 5.32. The van der Waals surface area contributed by atoms with Crippen LogP contribution in [0.15, 0.2) is 55.3 Å². The first kappa shape index (κ1) is 14.4. The van der Waals surface area contributed by atoms with Crippen LogP contribution in [0.4, 0.5) is 0 Å². The van der Waals surface area contributed by atoms with Crippen LogP contribution in [0.1, 0.15) is 15.9 Å². The van der Waals surface area contributed by atoms with Crippen LogP contribution in [-0.2, 0) is 18.4 Å². The van der Waals surface area contributed by atoms with Crippen LogP contribution in [0.3, 0.4) is 0 Å². The van der Waals surface area contributed by atoms with Gasteiger partial charge in [-0.25, -0.2) is 0 Å². The van der Waals surface area contributed by atoms with Gasteiger partial charge in [0.1, 0.15) is 0 Å². The molecular weight excluding hydrogens is 302 g/mol. The van der Waals surface area contributed by atoms with E-state index in [9.17, 15) is 9.59 Å². The molecule has 2 amide bonds. The van der Waals surface area contributed by atoms with E-state index in [1.165, 1.54) is 11.0 Å². The molecule has 5 nitrogen and oxygen atoms in total. The standard InChI is InChI=1S/C19H15N3O2/c1-3-18(23)22-11-16-14(5-4-6-15(16)19(22)24)12-7-8-13-10-20-21(2)17(13)9-12/h3-10H,1,11H2,2H3. The van der Waals surface area contributed by atoms with Gasteiger partial charge in [0.15, 0.2) is 0 Å². The smallest absolute Gasteiger partial charge is 0.261 e. The molecule has 0 radical (unpaired) electrons. The van der Waals surface area contributed by atoms with Crippen LogP contribution in [0.5, 0.6) is 0 Å². The lowest BCUT2D eigenvalue weighted by Crippen LogP contribution is -2.29. The first-order valence-corrected chi connectivity index (χ1v) is 7.62. The second-order valence-electron chi connectivity index (χ2n) is 5.81. The molecule has 0 unspecified atom stereocenters. The minimum Gasteiger partial charge on any atom is -0.270 e. The predicted molar refractivity (Wildman–Crippen MR) is 91.2 cm³/mol. The van der Waals surface area contributed by atoms with Crippen molar-refractivity contribution in [3.63, 3.8) is 0 Å². The molecule has 5 heteroatoms. The number of amides is 2. The van der Waals surface area contributed by atoms with E-state index in [2.05, 4.69) is 17.7 Å². The molecule has 4 rings (SSSR count). The van der Waals surface area contributed by atoms with E-state index in [0.29, 0.717) is 5.56 Å². The average Bonchev–Trinajstić information content (AvgIpc) is 3.15. The molecule has 1 aliphatic heterocycles. The molecule has 0 saturated heterocycles. The van der Waals surface area contributed by atoms with Crippen molar-refractivity contribution in [1.29, 1.82) is 0 Å². The molecule has 0 fully saturated rings. The zero-order valence-corrected chi connectivity index (χ0v) is 13.2. The Morgan fingerprint density at radius 3 is 2.83 bits per heavy atom. The van der Waals surface area contributed by atoms with Crippen LogP contribution in [-0.4, -0.2) is 26.5 Å². The molecule has 0 spiro atoms. The highest BCUT2D eigenvalue weighted by Gasteiger charge is 2.32. The van der Waals surface area contributed by atoms with Gasteiger partial charge in [-0.15, -0.1) is 0 Å². The maximum absolute atomic E-state index is 12.4. The van der Waals surface area contributed by atoms with Crippen molar-refractivity contribution >= 4 is 22.7 Å². The lowest BCUT2D eigenvalue weighted by molar-refractivity contribution is -0.123. The average molecular weight is 317 g/mol. The van der Waals surface area contributed by atoms with Crippen LogP contribution >= 0.6 is 0 Å². The fourth-order valence-electron chi connectivity index (χ4n) is 3.20. The molecule has 1 aliphatic rings. The van der Waals surface area contributed by atoms with Gasteiger partial charge in [-0.3, -0.25) is 19.2 Å². The minimum atomic E-state index is -0.371. The summed E-state index contributed by atoms with van der Waals surface area (Å²) >= 11 is 0. The molecule has 0 atom stereocenters. The van der Waals surface area contributed by atoms with E-state index in [4.69, 9.17) is 0 Å². The van der Waals surface area contributed by atoms with Gasteiger partial charge in [-0.2, -0.15) is 5.10 Å². The third-order valence-electron chi connectivity index (χ3n) is 4.47. The maximum atomic E-state index is 12.4. The third-order valence-corrected chi connectivity index (χ3v) is 4.47. The quantitative estimate of drug-likeness (QED) is 0.683. The maximum Gasteiger partial charge on any atom is 0.261 e. The molecule has 118 valence electrons. The minimum absolute atomic E-state index is 0.265. The first-order valence-electron chi connectivity index (χ1n) is 7.62. The molecule has 0 N–H and O–H groups in total. The van der Waals surface area contributed by atoms with Crippen molar-refractivity contribution in [1.82, 2.24) is 14.7 Å². The number of hydrogen-bond donors (Lipinski definition) is 0. The Bertz CT molecular complexity index is 1020. The normalized spacial score (nSPS) is 13.4. The Balaban J connectivity index is 1.86. The number of fused-ring (bicyclic) bond motifs is 2. The summed E-state index contributed by atoms with van der Waals surface area (Å²) in [6.07, 6.45) is 2.99. The number of nitrogens with zero attached hydrogens (tertiary/aromatic N) is 3. The Kier molecular flexibility index (Phi) is 3.09. The van der Waals surface area contributed by atoms with Gasteiger partial charge >= 0.3 is 0 Å². The largest absolute Gasteiger partial charge is 0.270 e. The van der Waals surface area contributed by atoms with Gasteiger partial charge in [-0.05, 0) is 34.9 Å². The zero-order valence-electron chi connectivity index (χ0n) is 13.2. The number of aryl methyl sites for hydroxylation is 1. The lowest BCUT2D eigenvalue weighted by atomic mass is 9.96. The van der Waals surface area contributed by atoms with E-state index < -0.39 is 0 Å². The third kappa shape index (κ3) is 1.98. The second kappa shape index (κ2) is 5.16. The highest BCUT2D eigenvalue weighted by Crippen LogP contribution is 2.34. The van der Waals surface area contributed by atoms with Gasteiger partial charge in [0.05, 0.1) is 18.3 Å². The summed E-state index contributed by atoms with van der Waals surface area (Å²) in [6, 6.07) is 11.7. The fourth-order valence-corrected chi connectivity index (χ4v) is 3.20. The van der Waals surface area contributed by atoms with Gasteiger partial charge in [0.25, 0.3) is 11.8 Å². The van der Waals surface area contributed by atoms with Crippen molar-refractivity contribution in [2.75, 3.05) is 0 Å². The Morgan fingerprint density at radius 2 is 2.04 bits per heavy atom. The molecule has 2 aromatic carbocycles. The molecule has 1 aromatic heterocycles. The second-order valence-corrected chi connectivity index (χ2v) is 5.81. The lowest BCUT2D eigenvalue weighted by Gasteiger charge is -2.11. The summed E-state index contributed by atoms with van der Waals surface area (Å²) in [5.41, 5.74) is 4.44. The molecular formula is C19H15N3O2. The van der Waals surface area contributed by atoms with E-state index in [0.717, 1.165) is 27.6 Å². The summed E-state index contributed by atoms with van der Waals surface area (Å²) < 4.78 is 1.82. The predicted octanol–water partition coefficient (Wildman–Crippen LogP) is 2.91. The number of rotatable bonds is 2. The molecule has 2 heterocycles. The van der Waals surface area contributed by atoms with Crippen LogP contribution in [0, 0.1) is 0 Å². The number of aromatic nitrogens is 2. The Labute approximate surface area is 138 Å². The summed E-state index contributed by atoms with van der Waals surface area (Å²) in [5.74, 6) is -0.636. The van der Waals surface area contributed by atoms with Gasteiger partial charge in [-0.1, -0.05) is 30.8 Å². The number of hydrogen-bond acceptors (Lipinski definition) is 3. The monoisotopic (exact) mass is 317 g/mol. The van der Waals surface area contributed by atoms with E-state index in [1.54, 1.807) is 6.07 Å². The molecule has 24 heavy (non-hydrogen) atoms. The topological polar surface area (TPSA) is 55.2 Å². The first-order chi connectivity index (χ1) is 11.6. The highest BCUT2D eigenvalue weighted by atomic mass is 16.2. The van der Waals surface area contributed by atoms with Crippen molar-refractivity contribution < 1.29 is 9.59 Å². The van der Waals surface area contributed by atoms with E-state index in [-0.39, 0.29) is 18.4 Å². The zero-order chi connectivity index (χ0) is 16.8. The van der Waals surface area contributed by atoms with Crippen molar-refractivity contribution in [3.05, 3.63) is 66.4 Å². The Hall–Kier alpha value is -3.21. The van der Waals surface area contributed by atoms with Gasteiger partial charge < -0.3 is 0 Å². The van der Waals surface area contributed by atoms with Gasteiger partial charge in [0.2, 0.25) is 0 Å². The number of carbonyl (C=O) groups excluding carboxylic acids is 2. The van der Waals surface area contributed by atoms with E-state index >= 15 is 0 Å². The van der Waals surface area contributed by atoms with Gasteiger partial charge in [0, 0.05) is 18.0 Å². The van der Waals surface area contributed by atoms with Crippen molar-refractivity contribution in [3.8, 4) is 11.1 Å². The molecule has 0 bridgehead atoms. The van der Waals surface area contributed by atoms with Crippen LogP contribution < -0.4 is 0 Å². The SMILES string of the molecule is C=CC(=O)N1Cc2c(cccc2-c2ccc3cnn(C)c3c2)C1=O. The number of imide groups is 1. The summed E-state index contributed by atoms with van der Waals surface area (Å²) in [7, 11) is 1.90. The number of carbonyl (C=O) groups is 2. The summed E-state index contributed by atoms with van der Waals surface area (Å²) in [6.45, 7) is 3.74. The number of benzene rings is 2. The highest BCUT2D eigenvalue weighted by molar-refractivity contribution is 6.11. The van der Waals surface area contributed by atoms with Crippen molar-refractivity contribution in [2.24, 2.45) is 7.05 Å². The van der Waals surface area contributed by atoms with Crippen LogP contribution in [0.25, 0.3) is 22.0 Å². The van der Waals surface area contributed by atoms with E-state index in [1.807, 2.05) is 42.2 Å². The molecule has 3 aromatic rings. The molecule has 0 saturated carbocycles. The van der Waals surface area contributed by atoms with Crippen LogP contribution in [0.2, 0.25) is 0 Å².